The van der Waals surface area contributed by atoms with Crippen LogP contribution in [0.1, 0.15) is 44.1 Å². The number of nitrogens with zero attached hydrogens (tertiary/aromatic N) is 2. The van der Waals surface area contributed by atoms with Crippen LogP contribution in [0.3, 0.4) is 0 Å². The normalized spacial score (nSPS) is 17.2. The lowest BCUT2D eigenvalue weighted by Gasteiger charge is -2.16. The molecular formula is C17H23N3O. The molecule has 1 saturated carbocycles. The number of hydrogen-bond acceptors (Lipinski definition) is 4. The first kappa shape index (κ1) is 14.3. The van der Waals surface area contributed by atoms with Crippen LogP contribution in [0.5, 0.6) is 0 Å². The van der Waals surface area contributed by atoms with Gasteiger partial charge in [-0.25, -0.2) is 0 Å². The van der Waals surface area contributed by atoms with E-state index in [9.17, 15) is 0 Å². The van der Waals surface area contributed by atoms with Crippen molar-refractivity contribution < 1.29 is 4.52 Å². The van der Waals surface area contributed by atoms with Gasteiger partial charge in [0.1, 0.15) is 0 Å². The molecule has 21 heavy (non-hydrogen) atoms. The molecule has 112 valence electrons. The summed E-state index contributed by atoms with van der Waals surface area (Å²) in [6.45, 7) is 2.14. The van der Waals surface area contributed by atoms with Crippen molar-refractivity contribution in [3.05, 3.63) is 35.7 Å². The summed E-state index contributed by atoms with van der Waals surface area (Å²) in [6.07, 6.45) is 6.80. The van der Waals surface area contributed by atoms with Crippen molar-refractivity contribution in [1.29, 1.82) is 0 Å². The fourth-order valence-electron chi connectivity index (χ4n) is 3.10. The molecule has 0 amide bonds. The second-order valence-electron chi connectivity index (χ2n) is 5.97. The Hall–Kier alpha value is -1.68. The molecule has 0 bridgehead atoms. The summed E-state index contributed by atoms with van der Waals surface area (Å²) < 4.78 is 5.36. The summed E-state index contributed by atoms with van der Waals surface area (Å²) in [5.41, 5.74) is 8.58. The van der Waals surface area contributed by atoms with Gasteiger partial charge in [-0.2, -0.15) is 4.98 Å². The number of rotatable bonds is 5. The molecule has 1 heterocycles. The summed E-state index contributed by atoms with van der Waals surface area (Å²) >= 11 is 0. The largest absolute Gasteiger partial charge is 0.339 e. The fraction of sp³-hybridized carbons (Fsp3) is 0.529. The topological polar surface area (TPSA) is 64.9 Å². The first-order valence-corrected chi connectivity index (χ1v) is 7.93. The highest BCUT2D eigenvalue weighted by Crippen LogP contribution is 2.28. The highest BCUT2D eigenvalue weighted by atomic mass is 16.5. The first-order valence-electron chi connectivity index (χ1n) is 7.93. The van der Waals surface area contributed by atoms with Gasteiger partial charge in [0.15, 0.2) is 0 Å². The molecule has 0 aliphatic heterocycles. The fourth-order valence-corrected chi connectivity index (χ4v) is 3.10. The highest BCUT2D eigenvalue weighted by Gasteiger charge is 2.24. The Labute approximate surface area is 125 Å². The zero-order valence-electron chi connectivity index (χ0n) is 12.6. The molecule has 1 aliphatic rings. The van der Waals surface area contributed by atoms with Crippen molar-refractivity contribution in [2.24, 2.45) is 11.7 Å². The Bertz CT molecular complexity index is 570. The van der Waals surface area contributed by atoms with Gasteiger partial charge in [-0.1, -0.05) is 49.2 Å². The Morgan fingerprint density at radius 3 is 2.62 bits per heavy atom. The molecular weight excluding hydrogens is 262 g/mol. The zero-order valence-corrected chi connectivity index (χ0v) is 12.6. The summed E-state index contributed by atoms with van der Waals surface area (Å²) in [5.74, 6) is 1.93. The highest BCUT2D eigenvalue weighted by molar-refractivity contribution is 5.54. The number of hydrogen-bond donors (Lipinski definition) is 1. The maximum Gasteiger partial charge on any atom is 0.228 e. The second kappa shape index (κ2) is 6.39. The molecule has 1 aromatic heterocycles. The minimum Gasteiger partial charge on any atom is -0.339 e. The molecule has 0 spiro atoms. The van der Waals surface area contributed by atoms with Gasteiger partial charge < -0.3 is 10.3 Å². The van der Waals surface area contributed by atoms with E-state index in [0.717, 1.165) is 12.0 Å². The van der Waals surface area contributed by atoms with Gasteiger partial charge in [0, 0.05) is 18.0 Å². The molecule has 0 saturated heterocycles. The van der Waals surface area contributed by atoms with Gasteiger partial charge >= 0.3 is 0 Å². The third-order valence-electron chi connectivity index (χ3n) is 4.50. The van der Waals surface area contributed by atoms with Crippen molar-refractivity contribution in [2.45, 2.75) is 51.5 Å². The maximum atomic E-state index is 6.27. The van der Waals surface area contributed by atoms with Gasteiger partial charge in [0.05, 0.1) is 0 Å². The summed E-state index contributed by atoms with van der Waals surface area (Å²) in [5, 5.41) is 4.08. The summed E-state index contributed by atoms with van der Waals surface area (Å²) in [6, 6.07) is 8.45. The molecule has 4 heteroatoms. The van der Waals surface area contributed by atoms with Crippen molar-refractivity contribution in [2.75, 3.05) is 0 Å². The van der Waals surface area contributed by atoms with E-state index in [0.29, 0.717) is 24.1 Å². The summed E-state index contributed by atoms with van der Waals surface area (Å²) in [4.78, 5) is 4.49. The quantitative estimate of drug-likeness (QED) is 0.914. The van der Waals surface area contributed by atoms with Crippen molar-refractivity contribution >= 4 is 0 Å². The molecule has 2 aromatic rings. The van der Waals surface area contributed by atoms with Crippen LogP contribution < -0.4 is 5.73 Å². The van der Waals surface area contributed by atoms with Crippen molar-refractivity contribution in [3.8, 4) is 11.4 Å². The van der Waals surface area contributed by atoms with Gasteiger partial charge in [0.2, 0.25) is 11.7 Å². The van der Waals surface area contributed by atoms with E-state index in [4.69, 9.17) is 10.3 Å². The Morgan fingerprint density at radius 1 is 1.24 bits per heavy atom. The Morgan fingerprint density at radius 2 is 1.95 bits per heavy atom. The van der Waals surface area contributed by atoms with Gasteiger partial charge in [-0.05, 0) is 30.7 Å². The monoisotopic (exact) mass is 285 g/mol. The van der Waals surface area contributed by atoms with E-state index >= 15 is 0 Å². The zero-order chi connectivity index (χ0) is 14.7. The average Bonchev–Trinajstić information content (AvgIpc) is 3.19. The smallest absolute Gasteiger partial charge is 0.228 e. The van der Waals surface area contributed by atoms with Gasteiger partial charge in [0.25, 0.3) is 0 Å². The Kier molecular flexibility index (Phi) is 4.34. The molecule has 2 N–H and O–H groups in total. The van der Waals surface area contributed by atoms with Crippen LogP contribution in [0, 0.1) is 5.92 Å². The van der Waals surface area contributed by atoms with E-state index in [1.165, 1.54) is 31.2 Å². The molecule has 1 fully saturated rings. The van der Waals surface area contributed by atoms with E-state index < -0.39 is 0 Å². The van der Waals surface area contributed by atoms with Crippen LogP contribution in [-0.4, -0.2) is 16.2 Å². The minimum atomic E-state index is 0.142. The predicted octanol–water partition coefficient (Wildman–Crippen LogP) is 3.36. The van der Waals surface area contributed by atoms with E-state index in [2.05, 4.69) is 29.2 Å². The van der Waals surface area contributed by atoms with Crippen molar-refractivity contribution in [1.82, 2.24) is 10.1 Å². The van der Waals surface area contributed by atoms with Crippen LogP contribution >= 0.6 is 0 Å². The lowest BCUT2D eigenvalue weighted by molar-refractivity contribution is 0.341. The molecule has 1 atom stereocenters. The van der Waals surface area contributed by atoms with Crippen LogP contribution in [-0.2, 0) is 12.8 Å². The minimum absolute atomic E-state index is 0.142. The molecule has 1 unspecified atom stereocenters. The lowest BCUT2D eigenvalue weighted by atomic mass is 9.96. The first-order chi connectivity index (χ1) is 10.3. The van der Waals surface area contributed by atoms with Crippen LogP contribution in [0.15, 0.2) is 28.8 Å². The van der Waals surface area contributed by atoms with Crippen LogP contribution in [0.2, 0.25) is 0 Å². The number of benzene rings is 1. The molecule has 0 radical (unpaired) electrons. The SMILES string of the molecule is CCc1ccc(-c2noc(CC(N)C3CCCC3)n2)cc1. The molecule has 3 rings (SSSR count). The van der Waals surface area contributed by atoms with Gasteiger partial charge in [-0.15, -0.1) is 0 Å². The number of aryl methyl sites for hydroxylation is 1. The van der Waals surface area contributed by atoms with E-state index in [1.807, 2.05) is 12.1 Å². The van der Waals surface area contributed by atoms with Crippen LogP contribution in [0.25, 0.3) is 11.4 Å². The van der Waals surface area contributed by atoms with Gasteiger partial charge in [-0.3, -0.25) is 0 Å². The Balaban J connectivity index is 1.67. The lowest BCUT2D eigenvalue weighted by Crippen LogP contribution is -2.30. The van der Waals surface area contributed by atoms with E-state index in [-0.39, 0.29) is 6.04 Å². The molecule has 1 aromatic carbocycles. The molecule has 4 nitrogen and oxygen atoms in total. The van der Waals surface area contributed by atoms with Crippen molar-refractivity contribution in [3.63, 3.8) is 0 Å². The van der Waals surface area contributed by atoms with Crippen LogP contribution in [0.4, 0.5) is 0 Å². The second-order valence-corrected chi connectivity index (χ2v) is 5.97. The number of aromatic nitrogens is 2. The molecule has 1 aliphatic carbocycles. The predicted molar refractivity (Wildman–Crippen MR) is 82.7 cm³/mol. The van der Waals surface area contributed by atoms with E-state index in [1.54, 1.807) is 0 Å². The number of nitrogens with two attached hydrogens (primary N) is 1. The standard InChI is InChI=1S/C17H23N3O/c1-2-12-7-9-14(10-8-12)17-19-16(21-20-17)11-15(18)13-5-3-4-6-13/h7-10,13,15H,2-6,11,18H2,1H3. The summed E-state index contributed by atoms with van der Waals surface area (Å²) in [7, 11) is 0. The third kappa shape index (κ3) is 3.32. The average molecular weight is 285 g/mol. The maximum absolute atomic E-state index is 6.27. The third-order valence-corrected chi connectivity index (χ3v) is 4.50.